The van der Waals surface area contributed by atoms with Crippen LogP contribution >= 0.6 is 0 Å². The molecular formula is C11H9N3O. The van der Waals surface area contributed by atoms with Crippen LogP contribution in [-0.2, 0) is 11.3 Å². The number of aromatic nitrogens is 1. The standard InChI is InChI=1S/C11H9N3O/c12-5-8-6-14(7-11(13)15)10-4-2-1-3-9(8)10/h1-4,6H,7H2,(H2,13,15). The van der Waals surface area contributed by atoms with E-state index in [1.807, 2.05) is 24.3 Å². The van der Waals surface area contributed by atoms with Gasteiger partial charge in [-0.3, -0.25) is 4.79 Å². The Morgan fingerprint density at radius 2 is 2.20 bits per heavy atom. The van der Waals surface area contributed by atoms with Gasteiger partial charge in [-0.15, -0.1) is 0 Å². The predicted octanol–water partition coefficient (Wildman–Crippen LogP) is 0.998. The smallest absolute Gasteiger partial charge is 0.237 e. The van der Waals surface area contributed by atoms with E-state index >= 15 is 0 Å². The Bertz CT molecular complexity index is 563. The van der Waals surface area contributed by atoms with Crippen LogP contribution in [0.1, 0.15) is 5.56 Å². The minimum absolute atomic E-state index is 0.0994. The second kappa shape index (κ2) is 3.46. The molecule has 4 nitrogen and oxygen atoms in total. The highest BCUT2D eigenvalue weighted by molar-refractivity contribution is 5.87. The van der Waals surface area contributed by atoms with Crippen molar-refractivity contribution in [3.05, 3.63) is 36.0 Å². The second-order valence-corrected chi connectivity index (χ2v) is 3.27. The molecular weight excluding hydrogens is 190 g/mol. The molecule has 0 spiro atoms. The van der Waals surface area contributed by atoms with E-state index in [2.05, 4.69) is 6.07 Å². The van der Waals surface area contributed by atoms with Crippen molar-refractivity contribution < 1.29 is 4.79 Å². The summed E-state index contributed by atoms with van der Waals surface area (Å²) >= 11 is 0. The van der Waals surface area contributed by atoms with Crippen molar-refractivity contribution in [2.75, 3.05) is 0 Å². The number of carbonyl (C=O) groups is 1. The lowest BCUT2D eigenvalue weighted by Gasteiger charge is -2.00. The molecule has 0 aliphatic rings. The van der Waals surface area contributed by atoms with Gasteiger partial charge in [0.05, 0.1) is 5.56 Å². The molecule has 0 aliphatic carbocycles. The quantitative estimate of drug-likeness (QED) is 0.783. The number of fused-ring (bicyclic) bond motifs is 1. The molecule has 0 radical (unpaired) electrons. The number of carbonyl (C=O) groups excluding carboxylic acids is 1. The molecule has 0 aliphatic heterocycles. The SMILES string of the molecule is N#Cc1cn(CC(N)=O)c2ccccc12. The predicted molar refractivity (Wildman–Crippen MR) is 55.8 cm³/mol. The molecule has 1 aromatic carbocycles. The average Bonchev–Trinajstić information content (AvgIpc) is 2.56. The molecule has 0 saturated carbocycles. The average molecular weight is 199 g/mol. The van der Waals surface area contributed by atoms with Crippen LogP contribution in [0.25, 0.3) is 10.9 Å². The molecule has 0 fully saturated rings. The number of hydrogen-bond donors (Lipinski definition) is 1. The van der Waals surface area contributed by atoms with Gasteiger partial charge >= 0.3 is 0 Å². The monoisotopic (exact) mass is 199 g/mol. The number of benzene rings is 1. The number of nitriles is 1. The lowest BCUT2D eigenvalue weighted by Crippen LogP contribution is -2.17. The van der Waals surface area contributed by atoms with Gasteiger partial charge in [-0.1, -0.05) is 18.2 Å². The van der Waals surface area contributed by atoms with Crippen LogP contribution < -0.4 is 5.73 Å². The van der Waals surface area contributed by atoms with Gasteiger partial charge in [0.25, 0.3) is 0 Å². The van der Waals surface area contributed by atoms with Crippen molar-refractivity contribution in [1.82, 2.24) is 4.57 Å². The lowest BCUT2D eigenvalue weighted by molar-refractivity contribution is -0.118. The van der Waals surface area contributed by atoms with Crippen molar-refractivity contribution in [1.29, 1.82) is 5.26 Å². The molecule has 4 heteroatoms. The van der Waals surface area contributed by atoms with E-state index in [1.165, 1.54) is 0 Å². The van der Waals surface area contributed by atoms with Crippen LogP contribution in [0, 0.1) is 11.3 Å². The molecule has 2 N–H and O–H groups in total. The molecule has 0 bridgehead atoms. The van der Waals surface area contributed by atoms with Crippen molar-refractivity contribution in [3.8, 4) is 6.07 Å². The van der Waals surface area contributed by atoms with Crippen LogP contribution in [0.2, 0.25) is 0 Å². The highest BCUT2D eigenvalue weighted by Crippen LogP contribution is 2.20. The van der Waals surface area contributed by atoms with Crippen LogP contribution in [0.15, 0.2) is 30.5 Å². The number of nitrogens with two attached hydrogens (primary N) is 1. The Morgan fingerprint density at radius 1 is 1.47 bits per heavy atom. The van der Waals surface area contributed by atoms with Crippen LogP contribution in [0.5, 0.6) is 0 Å². The zero-order chi connectivity index (χ0) is 10.8. The van der Waals surface area contributed by atoms with Crippen molar-refractivity contribution in [2.24, 2.45) is 5.73 Å². The summed E-state index contributed by atoms with van der Waals surface area (Å²) in [6.45, 7) is 0.0994. The van der Waals surface area contributed by atoms with E-state index in [0.29, 0.717) is 5.56 Å². The second-order valence-electron chi connectivity index (χ2n) is 3.27. The van der Waals surface area contributed by atoms with Gasteiger partial charge in [0, 0.05) is 17.1 Å². The summed E-state index contributed by atoms with van der Waals surface area (Å²) in [6, 6.07) is 9.52. The van der Waals surface area contributed by atoms with Gasteiger partial charge in [0.15, 0.2) is 0 Å². The Labute approximate surface area is 86.5 Å². The minimum atomic E-state index is -0.416. The van der Waals surface area contributed by atoms with E-state index in [-0.39, 0.29) is 6.54 Å². The molecule has 0 unspecified atom stereocenters. The van der Waals surface area contributed by atoms with Gasteiger partial charge in [-0.2, -0.15) is 5.26 Å². The van der Waals surface area contributed by atoms with Gasteiger partial charge in [0.2, 0.25) is 5.91 Å². The molecule has 0 atom stereocenters. The summed E-state index contributed by atoms with van der Waals surface area (Å²) in [5.41, 5.74) is 6.54. The van der Waals surface area contributed by atoms with E-state index in [9.17, 15) is 4.79 Å². The summed E-state index contributed by atoms with van der Waals surface area (Å²) in [5.74, 6) is -0.416. The Kier molecular flexibility index (Phi) is 2.14. The van der Waals surface area contributed by atoms with Crippen molar-refractivity contribution in [2.45, 2.75) is 6.54 Å². The summed E-state index contributed by atoms with van der Waals surface area (Å²) in [6.07, 6.45) is 1.65. The first-order chi connectivity index (χ1) is 7.22. The van der Waals surface area contributed by atoms with Gasteiger partial charge in [0.1, 0.15) is 12.6 Å². The summed E-state index contributed by atoms with van der Waals surface area (Å²) in [7, 11) is 0. The zero-order valence-corrected chi connectivity index (χ0v) is 7.97. The molecule has 1 heterocycles. The maximum absolute atomic E-state index is 10.8. The maximum atomic E-state index is 10.8. The van der Waals surface area contributed by atoms with Crippen LogP contribution in [0.4, 0.5) is 0 Å². The number of para-hydroxylation sites is 1. The van der Waals surface area contributed by atoms with E-state index in [4.69, 9.17) is 11.0 Å². The first-order valence-electron chi connectivity index (χ1n) is 4.48. The van der Waals surface area contributed by atoms with E-state index < -0.39 is 5.91 Å². The first-order valence-corrected chi connectivity index (χ1v) is 4.48. The Balaban J connectivity index is 2.66. The third-order valence-corrected chi connectivity index (χ3v) is 2.24. The summed E-state index contributed by atoms with van der Waals surface area (Å²) < 4.78 is 1.69. The molecule has 15 heavy (non-hydrogen) atoms. The fourth-order valence-electron chi connectivity index (χ4n) is 1.63. The number of hydrogen-bond acceptors (Lipinski definition) is 2. The number of rotatable bonds is 2. The summed E-state index contributed by atoms with van der Waals surface area (Å²) in [4.78, 5) is 10.8. The minimum Gasteiger partial charge on any atom is -0.368 e. The third-order valence-electron chi connectivity index (χ3n) is 2.24. The lowest BCUT2D eigenvalue weighted by atomic mass is 10.2. The zero-order valence-electron chi connectivity index (χ0n) is 7.97. The normalized spacial score (nSPS) is 10.1. The van der Waals surface area contributed by atoms with Gasteiger partial charge in [-0.05, 0) is 6.07 Å². The third kappa shape index (κ3) is 1.55. The Hall–Kier alpha value is -2.28. The largest absolute Gasteiger partial charge is 0.368 e. The fourth-order valence-corrected chi connectivity index (χ4v) is 1.63. The Morgan fingerprint density at radius 3 is 2.87 bits per heavy atom. The topological polar surface area (TPSA) is 71.8 Å². The van der Waals surface area contributed by atoms with Crippen LogP contribution in [0.3, 0.4) is 0 Å². The molecule has 74 valence electrons. The number of nitrogens with zero attached hydrogens (tertiary/aromatic N) is 2. The van der Waals surface area contributed by atoms with E-state index in [1.54, 1.807) is 10.8 Å². The number of amides is 1. The molecule has 2 aromatic rings. The first kappa shape index (κ1) is 9.28. The fraction of sp³-hybridized carbons (Fsp3) is 0.0909. The molecule has 1 amide bonds. The summed E-state index contributed by atoms with van der Waals surface area (Å²) in [5, 5.41) is 9.75. The van der Waals surface area contributed by atoms with Gasteiger partial charge < -0.3 is 10.3 Å². The highest BCUT2D eigenvalue weighted by atomic mass is 16.1. The van der Waals surface area contributed by atoms with Gasteiger partial charge in [-0.25, -0.2) is 0 Å². The van der Waals surface area contributed by atoms with Crippen molar-refractivity contribution in [3.63, 3.8) is 0 Å². The van der Waals surface area contributed by atoms with E-state index in [0.717, 1.165) is 10.9 Å². The molecule has 0 saturated heterocycles. The number of primary amides is 1. The highest BCUT2D eigenvalue weighted by Gasteiger charge is 2.08. The molecule has 2 rings (SSSR count). The maximum Gasteiger partial charge on any atom is 0.237 e. The van der Waals surface area contributed by atoms with Crippen LogP contribution in [-0.4, -0.2) is 10.5 Å². The van der Waals surface area contributed by atoms with Crippen molar-refractivity contribution >= 4 is 16.8 Å². The molecule has 1 aromatic heterocycles.